The number of nitrogens with zero attached hydrogens (tertiary/aromatic N) is 2. The van der Waals surface area contributed by atoms with E-state index in [2.05, 4.69) is 22.1 Å². The molecule has 0 spiro atoms. The third kappa shape index (κ3) is 2.18. The van der Waals surface area contributed by atoms with Crippen LogP contribution in [0, 0.1) is 0 Å². The molecule has 1 aliphatic rings. The Hall–Kier alpha value is -1.39. The molecule has 2 rings (SSSR count). The largest absolute Gasteiger partial charge is 0.460 e. The number of nitrogens with one attached hydrogen (secondary N) is 1. The summed E-state index contributed by atoms with van der Waals surface area (Å²) >= 11 is 0. The Morgan fingerprint density at radius 1 is 1.41 bits per heavy atom. The van der Waals surface area contributed by atoms with Gasteiger partial charge in [0, 0.05) is 5.41 Å². The average molecular weight is 237 g/mol. The number of hydrogen-bond acceptors (Lipinski definition) is 4. The van der Waals surface area contributed by atoms with Gasteiger partial charge in [-0.15, -0.1) is 5.10 Å². The number of rotatable bonds is 4. The van der Waals surface area contributed by atoms with Crippen molar-refractivity contribution in [1.29, 1.82) is 0 Å². The minimum atomic E-state index is -0.445. The lowest BCUT2D eigenvalue weighted by atomic mass is 9.83. The molecule has 0 unspecified atom stereocenters. The fourth-order valence-corrected chi connectivity index (χ4v) is 2.60. The second kappa shape index (κ2) is 4.85. The van der Waals surface area contributed by atoms with Crippen LogP contribution in [0.1, 0.15) is 62.4 Å². The molecular weight excluding hydrogens is 218 g/mol. The zero-order valence-corrected chi connectivity index (χ0v) is 10.5. The highest BCUT2D eigenvalue weighted by molar-refractivity contribution is 5.84. The van der Waals surface area contributed by atoms with E-state index in [1.807, 2.05) is 0 Å². The van der Waals surface area contributed by atoms with E-state index < -0.39 is 5.97 Å². The molecule has 0 amide bonds. The maximum absolute atomic E-state index is 11.5. The lowest BCUT2D eigenvalue weighted by Gasteiger charge is -2.23. The first kappa shape index (κ1) is 12.1. The van der Waals surface area contributed by atoms with Crippen LogP contribution in [0.3, 0.4) is 0 Å². The summed E-state index contributed by atoms with van der Waals surface area (Å²) in [5.41, 5.74) is 0.0950. The first-order valence-electron chi connectivity index (χ1n) is 6.32. The Bertz CT molecular complexity index is 394. The van der Waals surface area contributed by atoms with Gasteiger partial charge < -0.3 is 4.74 Å². The van der Waals surface area contributed by atoms with Crippen molar-refractivity contribution in [2.24, 2.45) is 0 Å². The van der Waals surface area contributed by atoms with Gasteiger partial charge >= 0.3 is 5.97 Å². The molecule has 0 aliphatic heterocycles. The highest BCUT2D eigenvalue weighted by Gasteiger charge is 2.37. The molecule has 0 saturated heterocycles. The van der Waals surface area contributed by atoms with Crippen LogP contribution in [-0.4, -0.2) is 27.8 Å². The number of H-pyrrole nitrogens is 1. The molecule has 0 aromatic carbocycles. The maximum Gasteiger partial charge on any atom is 0.378 e. The molecule has 1 aliphatic carbocycles. The molecule has 5 heteroatoms. The van der Waals surface area contributed by atoms with E-state index in [1.54, 1.807) is 6.92 Å². The van der Waals surface area contributed by atoms with Gasteiger partial charge in [0.1, 0.15) is 5.82 Å². The smallest absolute Gasteiger partial charge is 0.378 e. The van der Waals surface area contributed by atoms with Crippen LogP contribution in [-0.2, 0) is 10.2 Å². The summed E-state index contributed by atoms with van der Waals surface area (Å²) in [6.07, 6.45) is 5.74. The summed E-state index contributed by atoms with van der Waals surface area (Å²) < 4.78 is 4.89. The molecule has 0 radical (unpaired) electrons. The summed E-state index contributed by atoms with van der Waals surface area (Å²) in [5.74, 6) is 0.557. The molecule has 1 fully saturated rings. The van der Waals surface area contributed by atoms with E-state index in [1.165, 1.54) is 12.8 Å². The number of carbonyl (C=O) groups is 1. The Labute approximate surface area is 101 Å². The fraction of sp³-hybridized carbons (Fsp3) is 0.750. The van der Waals surface area contributed by atoms with E-state index in [0.29, 0.717) is 6.61 Å². The zero-order chi connectivity index (χ0) is 12.3. The lowest BCUT2D eigenvalue weighted by Crippen LogP contribution is -2.22. The van der Waals surface area contributed by atoms with Crippen LogP contribution in [0.4, 0.5) is 0 Å². The minimum absolute atomic E-state index is 0.0950. The van der Waals surface area contributed by atoms with Crippen LogP contribution in [0.15, 0.2) is 0 Å². The van der Waals surface area contributed by atoms with Crippen molar-refractivity contribution in [3.05, 3.63) is 11.6 Å². The van der Waals surface area contributed by atoms with E-state index in [-0.39, 0.29) is 11.2 Å². The standard InChI is InChI=1S/C12H19N3O2/c1-3-12(7-5-6-8-12)11-13-9(14-15-11)10(16)17-4-2/h3-8H2,1-2H3,(H,13,14,15). The van der Waals surface area contributed by atoms with Gasteiger partial charge in [-0.05, 0) is 26.2 Å². The molecule has 1 aromatic heterocycles. The maximum atomic E-state index is 11.5. The summed E-state index contributed by atoms with van der Waals surface area (Å²) in [6, 6.07) is 0. The number of ether oxygens (including phenoxy) is 1. The Balaban J connectivity index is 2.19. The lowest BCUT2D eigenvalue weighted by molar-refractivity contribution is 0.0512. The number of esters is 1. The minimum Gasteiger partial charge on any atom is -0.460 e. The van der Waals surface area contributed by atoms with Crippen molar-refractivity contribution in [2.75, 3.05) is 6.61 Å². The molecule has 94 valence electrons. The van der Waals surface area contributed by atoms with Crippen LogP contribution >= 0.6 is 0 Å². The van der Waals surface area contributed by atoms with Crippen molar-refractivity contribution in [1.82, 2.24) is 15.2 Å². The molecule has 1 heterocycles. The van der Waals surface area contributed by atoms with Crippen molar-refractivity contribution >= 4 is 5.97 Å². The Kier molecular flexibility index (Phi) is 3.45. The Morgan fingerprint density at radius 2 is 2.12 bits per heavy atom. The molecule has 17 heavy (non-hydrogen) atoms. The van der Waals surface area contributed by atoms with Crippen molar-refractivity contribution in [3.8, 4) is 0 Å². The van der Waals surface area contributed by atoms with Gasteiger partial charge in [-0.2, -0.15) is 0 Å². The quantitative estimate of drug-likeness (QED) is 0.815. The second-order valence-electron chi connectivity index (χ2n) is 4.57. The van der Waals surface area contributed by atoms with E-state index >= 15 is 0 Å². The van der Waals surface area contributed by atoms with E-state index in [0.717, 1.165) is 25.1 Å². The predicted octanol–water partition coefficient (Wildman–Crippen LogP) is 2.20. The SMILES string of the molecule is CCOC(=O)c1n[nH]c(C2(CC)CCCC2)n1. The second-order valence-corrected chi connectivity index (χ2v) is 4.57. The molecular formula is C12H19N3O2. The molecule has 0 atom stereocenters. The van der Waals surface area contributed by atoms with Crippen LogP contribution in [0.25, 0.3) is 0 Å². The highest BCUT2D eigenvalue weighted by Crippen LogP contribution is 2.41. The van der Waals surface area contributed by atoms with Gasteiger partial charge in [0.2, 0.25) is 0 Å². The number of carbonyl (C=O) groups excluding carboxylic acids is 1. The first-order chi connectivity index (χ1) is 8.22. The normalized spacial score (nSPS) is 18.2. The number of aromatic nitrogens is 3. The van der Waals surface area contributed by atoms with E-state index in [9.17, 15) is 4.79 Å². The average Bonchev–Trinajstić information content (AvgIpc) is 2.99. The van der Waals surface area contributed by atoms with Crippen LogP contribution < -0.4 is 0 Å². The van der Waals surface area contributed by atoms with Crippen molar-refractivity contribution in [2.45, 2.75) is 51.4 Å². The van der Waals surface area contributed by atoms with Crippen LogP contribution in [0.2, 0.25) is 0 Å². The van der Waals surface area contributed by atoms with Gasteiger partial charge in [0.25, 0.3) is 5.82 Å². The van der Waals surface area contributed by atoms with Crippen LogP contribution in [0.5, 0.6) is 0 Å². The van der Waals surface area contributed by atoms with Gasteiger partial charge in [0.05, 0.1) is 6.61 Å². The topological polar surface area (TPSA) is 67.9 Å². The van der Waals surface area contributed by atoms with Gasteiger partial charge in [-0.25, -0.2) is 9.78 Å². The van der Waals surface area contributed by atoms with E-state index in [4.69, 9.17) is 4.74 Å². The van der Waals surface area contributed by atoms with Gasteiger partial charge in [-0.3, -0.25) is 5.10 Å². The third-order valence-electron chi connectivity index (χ3n) is 3.68. The van der Waals surface area contributed by atoms with Crippen molar-refractivity contribution in [3.63, 3.8) is 0 Å². The molecule has 1 saturated carbocycles. The summed E-state index contributed by atoms with van der Waals surface area (Å²) in [7, 11) is 0. The molecule has 1 aromatic rings. The van der Waals surface area contributed by atoms with Gasteiger partial charge in [0.15, 0.2) is 0 Å². The Morgan fingerprint density at radius 3 is 2.71 bits per heavy atom. The van der Waals surface area contributed by atoms with Crippen molar-refractivity contribution < 1.29 is 9.53 Å². The van der Waals surface area contributed by atoms with Gasteiger partial charge in [-0.1, -0.05) is 19.8 Å². The first-order valence-corrected chi connectivity index (χ1v) is 6.32. The third-order valence-corrected chi connectivity index (χ3v) is 3.68. The highest BCUT2D eigenvalue weighted by atomic mass is 16.5. The molecule has 0 bridgehead atoms. The number of aromatic amines is 1. The molecule has 5 nitrogen and oxygen atoms in total. The zero-order valence-electron chi connectivity index (χ0n) is 10.5. The molecule has 1 N–H and O–H groups in total. The number of hydrogen-bond donors (Lipinski definition) is 1. The monoisotopic (exact) mass is 237 g/mol. The fourth-order valence-electron chi connectivity index (χ4n) is 2.60. The summed E-state index contributed by atoms with van der Waals surface area (Å²) in [5, 5.41) is 6.88. The predicted molar refractivity (Wildman–Crippen MR) is 62.8 cm³/mol. The summed E-state index contributed by atoms with van der Waals surface area (Å²) in [4.78, 5) is 15.8. The summed E-state index contributed by atoms with van der Waals surface area (Å²) in [6.45, 7) is 4.29.